The number of thioether (sulfide) groups is 1. The van der Waals surface area contributed by atoms with Crippen molar-refractivity contribution in [3.63, 3.8) is 0 Å². The van der Waals surface area contributed by atoms with Gasteiger partial charge in [0, 0.05) is 10.6 Å². The largest absolute Gasteiger partial charge is 0.325 e. The van der Waals surface area contributed by atoms with Crippen LogP contribution < -0.4 is 5.32 Å². The molecular formula is C17H16ClN3OS2. The lowest BCUT2D eigenvalue weighted by atomic mass is 10.2. The van der Waals surface area contributed by atoms with Crippen LogP contribution in [0.3, 0.4) is 0 Å². The zero-order chi connectivity index (χ0) is 17.3. The summed E-state index contributed by atoms with van der Waals surface area (Å²) < 4.78 is 0. The molecule has 1 unspecified atom stereocenters. The molecule has 0 saturated heterocycles. The van der Waals surface area contributed by atoms with Crippen LogP contribution in [0, 0.1) is 13.8 Å². The number of halogens is 1. The molecule has 2 aromatic heterocycles. The summed E-state index contributed by atoms with van der Waals surface area (Å²) in [6.45, 7) is 5.89. The maximum absolute atomic E-state index is 12.3. The van der Waals surface area contributed by atoms with E-state index in [1.807, 2.05) is 51.1 Å². The van der Waals surface area contributed by atoms with E-state index in [9.17, 15) is 4.79 Å². The van der Waals surface area contributed by atoms with Crippen molar-refractivity contribution in [1.29, 1.82) is 0 Å². The Bertz CT molecular complexity index is 896. The number of aryl methyl sites for hydroxylation is 2. The SMILES string of the molecule is Cc1sc2nc(SC(C)C(=O)Nc3ccccc3)nc(Cl)c2c1C. The van der Waals surface area contributed by atoms with Crippen LogP contribution in [0.25, 0.3) is 10.2 Å². The fourth-order valence-corrected chi connectivity index (χ4v) is 4.49. The Balaban J connectivity index is 1.78. The molecule has 24 heavy (non-hydrogen) atoms. The molecule has 4 nitrogen and oxygen atoms in total. The van der Waals surface area contributed by atoms with Gasteiger partial charge in [-0.25, -0.2) is 9.97 Å². The first-order valence-electron chi connectivity index (χ1n) is 7.41. The van der Waals surface area contributed by atoms with Gasteiger partial charge in [-0.2, -0.15) is 0 Å². The second-order valence-electron chi connectivity index (χ2n) is 5.38. The topological polar surface area (TPSA) is 54.9 Å². The quantitative estimate of drug-likeness (QED) is 0.391. The molecule has 1 amide bonds. The van der Waals surface area contributed by atoms with Gasteiger partial charge in [-0.1, -0.05) is 41.6 Å². The average molecular weight is 378 g/mol. The summed E-state index contributed by atoms with van der Waals surface area (Å²) in [6.07, 6.45) is 0. The second-order valence-corrected chi connectivity index (χ2v) is 8.24. The van der Waals surface area contributed by atoms with Crippen molar-refractivity contribution >= 4 is 56.5 Å². The van der Waals surface area contributed by atoms with Gasteiger partial charge in [0.15, 0.2) is 5.16 Å². The number of thiophene rings is 1. The summed E-state index contributed by atoms with van der Waals surface area (Å²) in [5, 5.41) is 4.42. The molecule has 124 valence electrons. The number of hydrogen-bond acceptors (Lipinski definition) is 5. The molecule has 0 aliphatic heterocycles. The highest BCUT2D eigenvalue weighted by Gasteiger charge is 2.19. The van der Waals surface area contributed by atoms with Crippen LogP contribution in [0.15, 0.2) is 35.5 Å². The van der Waals surface area contributed by atoms with Crippen molar-refractivity contribution in [3.05, 3.63) is 45.9 Å². The summed E-state index contributed by atoms with van der Waals surface area (Å²) in [5.74, 6) is -0.0930. The number of benzene rings is 1. The van der Waals surface area contributed by atoms with Gasteiger partial charge in [-0.15, -0.1) is 11.3 Å². The van der Waals surface area contributed by atoms with Gasteiger partial charge in [0.2, 0.25) is 5.91 Å². The molecule has 1 atom stereocenters. The van der Waals surface area contributed by atoms with Crippen LogP contribution in [-0.2, 0) is 4.79 Å². The van der Waals surface area contributed by atoms with Crippen LogP contribution in [-0.4, -0.2) is 21.1 Å². The minimum atomic E-state index is -0.333. The molecule has 0 aliphatic carbocycles. The number of para-hydroxylation sites is 1. The lowest BCUT2D eigenvalue weighted by Crippen LogP contribution is -2.22. The van der Waals surface area contributed by atoms with Gasteiger partial charge < -0.3 is 5.32 Å². The maximum Gasteiger partial charge on any atom is 0.237 e. The summed E-state index contributed by atoms with van der Waals surface area (Å²) in [4.78, 5) is 23.3. The van der Waals surface area contributed by atoms with E-state index >= 15 is 0 Å². The Hall–Kier alpha value is -1.63. The third-order valence-corrected chi connectivity index (χ3v) is 5.99. The minimum absolute atomic E-state index is 0.0930. The van der Waals surface area contributed by atoms with Crippen molar-refractivity contribution in [2.24, 2.45) is 0 Å². The maximum atomic E-state index is 12.3. The van der Waals surface area contributed by atoms with Crippen LogP contribution in [0.1, 0.15) is 17.4 Å². The van der Waals surface area contributed by atoms with E-state index in [0.717, 1.165) is 21.5 Å². The van der Waals surface area contributed by atoms with Crippen molar-refractivity contribution in [2.75, 3.05) is 5.32 Å². The van der Waals surface area contributed by atoms with Gasteiger partial charge in [0.1, 0.15) is 9.98 Å². The van der Waals surface area contributed by atoms with Gasteiger partial charge >= 0.3 is 0 Å². The van der Waals surface area contributed by atoms with Crippen LogP contribution in [0.5, 0.6) is 0 Å². The molecule has 0 aliphatic rings. The highest BCUT2D eigenvalue weighted by atomic mass is 35.5. The van der Waals surface area contributed by atoms with Crippen LogP contribution in [0.2, 0.25) is 5.15 Å². The molecule has 0 spiro atoms. The van der Waals surface area contributed by atoms with Gasteiger partial charge in [-0.3, -0.25) is 4.79 Å². The number of anilines is 1. The van der Waals surface area contributed by atoms with Crippen molar-refractivity contribution in [3.8, 4) is 0 Å². The summed E-state index contributed by atoms with van der Waals surface area (Å²) in [7, 11) is 0. The van der Waals surface area contributed by atoms with E-state index in [0.29, 0.717) is 10.3 Å². The molecule has 2 heterocycles. The standard InChI is InChI=1S/C17H16ClN3OS2/c1-9-10(2)23-16-13(9)14(18)20-17(21-16)24-11(3)15(22)19-12-7-5-4-6-8-12/h4-8,11H,1-3H3,(H,19,22). The lowest BCUT2D eigenvalue weighted by Gasteiger charge is -2.11. The molecule has 0 fully saturated rings. The fraction of sp³-hybridized carbons (Fsp3) is 0.235. The Morgan fingerprint density at radius 1 is 1.25 bits per heavy atom. The van der Waals surface area contributed by atoms with E-state index in [4.69, 9.17) is 11.6 Å². The van der Waals surface area contributed by atoms with E-state index in [1.165, 1.54) is 16.6 Å². The molecule has 0 saturated carbocycles. The second kappa shape index (κ2) is 7.09. The first-order valence-corrected chi connectivity index (χ1v) is 9.49. The van der Waals surface area contributed by atoms with E-state index in [1.54, 1.807) is 11.3 Å². The highest BCUT2D eigenvalue weighted by molar-refractivity contribution is 8.00. The van der Waals surface area contributed by atoms with Crippen LogP contribution >= 0.6 is 34.7 Å². The Morgan fingerprint density at radius 2 is 1.96 bits per heavy atom. The smallest absolute Gasteiger partial charge is 0.237 e. The minimum Gasteiger partial charge on any atom is -0.325 e. The number of hydrogen-bond donors (Lipinski definition) is 1. The normalized spacial score (nSPS) is 12.3. The molecule has 0 bridgehead atoms. The van der Waals surface area contributed by atoms with Gasteiger partial charge in [-0.05, 0) is 38.5 Å². The van der Waals surface area contributed by atoms with E-state index in [2.05, 4.69) is 15.3 Å². The predicted octanol–water partition coefficient (Wildman–Crippen LogP) is 5.08. The number of carbonyl (C=O) groups excluding carboxylic acids is 1. The zero-order valence-corrected chi connectivity index (χ0v) is 15.9. The monoisotopic (exact) mass is 377 g/mol. The Labute approximate surface area is 153 Å². The molecule has 3 rings (SSSR count). The predicted molar refractivity (Wildman–Crippen MR) is 102 cm³/mol. The van der Waals surface area contributed by atoms with E-state index < -0.39 is 0 Å². The number of rotatable bonds is 4. The first-order chi connectivity index (χ1) is 11.5. The number of nitrogens with one attached hydrogen (secondary N) is 1. The summed E-state index contributed by atoms with van der Waals surface area (Å²) in [5.41, 5.74) is 1.89. The number of aromatic nitrogens is 2. The molecular weight excluding hydrogens is 362 g/mol. The Morgan fingerprint density at radius 3 is 2.67 bits per heavy atom. The van der Waals surface area contributed by atoms with Gasteiger partial charge in [0.05, 0.1) is 10.6 Å². The summed E-state index contributed by atoms with van der Waals surface area (Å²) >= 11 is 9.21. The lowest BCUT2D eigenvalue weighted by molar-refractivity contribution is -0.115. The highest BCUT2D eigenvalue weighted by Crippen LogP contribution is 2.35. The van der Waals surface area contributed by atoms with Crippen LogP contribution in [0.4, 0.5) is 5.69 Å². The number of carbonyl (C=O) groups is 1. The molecule has 1 aromatic carbocycles. The summed E-state index contributed by atoms with van der Waals surface area (Å²) in [6, 6.07) is 9.37. The van der Waals surface area contributed by atoms with Crippen molar-refractivity contribution < 1.29 is 4.79 Å². The zero-order valence-electron chi connectivity index (χ0n) is 13.5. The molecule has 0 radical (unpaired) electrons. The third kappa shape index (κ3) is 3.55. The average Bonchev–Trinajstić information content (AvgIpc) is 2.83. The number of nitrogens with zero attached hydrogens (tertiary/aromatic N) is 2. The Kier molecular flexibility index (Phi) is 5.08. The fourth-order valence-electron chi connectivity index (χ4n) is 2.21. The number of fused-ring (bicyclic) bond motifs is 1. The first kappa shape index (κ1) is 17.2. The van der Waals surface area contributed by atoms with Gasteiger partial charge in [0.25, 0.3) is 0 Å². The number of amides is 1. The van der Waals surface area contributed by atoms with Crippen molar-refractivity contribution in [2.45, 2.75) is 31.2 Å². The molecule has 7 heteroatoms. The molecule has 1 N–H and O–H groups in total. The third-order valence-electron chi connectivity index (χ3n) is 3.66. The molecule has 3 aromatic rings. The van der Waals surface area contributed by atoms with E-state index in [-0.39, 0.29) is 11.2 Å². The van der Waals surface area contributed by atoms with Crippen molar-refractivity contribution in [1.82, 2.24) is 9.97 Å².